The molecule has 1 aliphatic rings. The first-order valence-corrected chi connectivity index (χ1v) is 9.58. The first kappa shape index (κ1) is 18.5. The lowest BCUT2D eigenvalue weighted by molar-refractivity contribution is 0.0103. The Bertz CT molecular complexity index is 783. The molecule has 2 aromatic carbocycles. The fourth-order valence-corrected chi connectivity index (χ4v) is 3.55. The summed E-state index contributed by atoms with van der Waals surface area (Å²) in [6.45, 7) is 6.56. The van der Waals surface area contributed by atoms with E-state index in [1.807, 2.05) is 25.7 Å². The average Bonchev–Trinajstić information content (AvgIpc) is 2.61. The van der Waals surface area contributed by atoms with Crippen LogP contribution in [0.4, 0.5) is 4.79 Å². The summed E-state index contributed by atoms with van der Waals surface area (Å²) in [4.78, 5) is 14.4. The van der Waals surface area contributed by atoms with Gasteiger partial charge >= 0.3 is 6.09 Å². The van der Waals surface area contributed by atoms with Gasteiger partial charge in [-0.15, -0.1) is 0 Å². The van der Waals surface area contributed by atoms with Crippen LogP contribution in [-0.2, 0) is 4.74 Å². The number of ether oxygens (including phenoxy) is 1. The van der Waals surface area contributed by atoms with E-state index in [0.717, 1.165) is 25.8 Å². The van der Waals surface area contributed by atoms with Crippen LogP contribution in [0.5, 0.6) is 0 Å². The molecule has 0 aliphatic carbocycles. The lowest BCUT2D eigenvalue weighted by atomic mass is 9.98. The monoisotopic (exact) mass is 351 g/mol. The van der Waals surface area contributed by atoms with Crippen molar-refractivity contribution in [2.45, 2.75) is 58.1 Å². The standard InChI is InChI=1S/C23H29NO2/c1-23(2,3)26-22(25)24-17-7-6-14-20(24)15-9-13-19-12-8-11-18-10-4-5-16-21(18)19/h4-5,8-13,16,20H,6-7,14-15,17H2,1-3H3. The molecule has 0 radical (unpaired) electrons. The van der Waals surface area contributed by atoms with Crippen molar-refractivity contribution in [3.8, 4) is 0 Å². The molecular formula is C23H29NO2. The Labute approximate surface area is 156 Å². The highest BCUT2D eigenvalue weighted by Gasteiger charge is 2.29. The average molecular weight is 351 g/mol. The van der Waals surface area contributed by atoms with Crippen molar-refractivity contribution in [3.63, 3.8) is 0 Å². The van der Waals surface area contributed by atoms with Crippen LogP contribution in [0.1, 0.15) is 52.0 Å². The van der Waals surface area contributed by atoms with E-state index in [-0.39, 0.29) is 12.1 Å². The molecule has 1 heterocycles. The normalized spacial score (nSPS) is 18.4. The van der Waals surface area contributed by atoms with E-state index in [2.05, 4.69) is 54.6 Å². The van der Waals surface area contributed by atoms with Crippen LogP contribution in [0.2, 0.25) is 0 Å². The van der Waals surface area contributed by atoms with E-state index in [0.29, 0.717) is 0 Å². The van der Waals surface area contributed by atoms with Crippen molar-refractivity contribution >= 4 is 22.9 Å². The molecular weight excluding hydrogens is 322 g/mol. The number of nitrogens with zero attached hydrogens (tertiary/aromatic N) is 1. The second-order valence-electron chi connectivity index (χ2n) is 8.03. The maximum atomic E-state index is 12.5. The van der Waals surface area contributed by atoms with Gasteiger partial charge in [-0.1, -0.05) is 54.6 Å². The summed E-state index contributed by atoms with van der Waals surface area (Å²) in [7, 11) is 0. The summed E-state index contributed by atoms with van der Waals surface area (Å²) in [5.41, 5.74) is 0.778. The number of fused-ring (bicyclic) bond motifs is 1. The smallest absolute Gasteiger partial charge is 0.410 e. The fourth-order valence-electron chi connectivity index (χ4n) is 3.55. The first-order chi connectivity index (χ1) is 12.4. The van der Waals surface area contributed by atoms with Gasteiger partial charge in [-0.3, -0.25) is 0 Å². The van der Waals surface area contributed by atoms with Crippen LogP contribution in [0.3, 0.4) is 0 Å². The summed E-state index contributed by atoms with van der Waals surface area (Å²) in [6, 6.07) is 15.0. The molecule has 1 aliphatic heterocycles. The Kier molecular flexibility index (Phi) is 5.65. The van der Waals surface area contributed by atoms with E-state index < -0.39 is 5.60 Å². The lowest BCUT2D eigenvalue weighted by Gasteiger charge is -2.36. The van der Waals surface area contributed by atoms with Crippen LogP contribution in [0, 0.1) is 0 Å². The highest BCUT2D eigenvalue weighted by atomic mass is 16.6. The van der Waals surface area contributed by atoms with Gasteiger partial charge in [0.25, 0.3) is 0 Å². The molecule has 1 saturated heterocycles. The van der Waals surface area contributed by atoms with Crippen molar-refractivity contribution in [1.82, 2.24) is 4.90 Å². The number of hydrogen-bond acceptors (Lipinski definition) is 2. The van der Waals surface area contributed by atoms with E-state index in [1.54, 1.807) is 0 Å². The van der Waals surface area contributed by atoms with Gasteiger partial charge in [0.15, 0.2) is 0 Å². The van der Waals surface area contributed by atoms with Crippen molar-refractivity contribution in [1.29, 1.82) is 0 Å². The molecule has 138 valence electrons. The Morgan fingerprint density at radius 2 is 1.92 bits per heavy atom. The third kappa shape index (κ3) is 4.66. The predicted molar refractivity (Wildman–Crippen MR) is 108 cm³/mol. The molecule has 1 amide bonds. The molecule has 3 nitrogen and oxygen atoms in total. The van der Waals surface area contributed by atoms with Gasteiger partial charge in [0.2, 0.25) is 0 Å². The first-order valence-electron chi connectivity index (χ1n) is 9.58. The van der Waals surface area contributed by atoms with Crippen molar-refractivity contribution in [3.05, 3.63) is 54.1 Å². The third-order valence-electron chi connectivity index (χ3n) is 4.78. The number of carbonyl (C=O) groups excluding carboxylic acids is 1. The number of rotatable bonds is 3. The van der Waals surface area contributed by atoms with Crippen molar-refractivity contribution < 1.29 is 9.53 Å². The van der Waals surface area contributed by atoms with Crippen LogP contribution < -0.4 is 0 Å². The summed E-state index contributed by atoms with van der Waals surface area (Å²) in [6.07, 6.45) is 8.34. The minimum absolute atomic E-state index is 0.180. The number of amides is 1. The molecule has 0 aromatic heterocycles. The summed E-state index contributed by atoms with van der Waals surface area (Å²) in [5, 5.41) is 2.52. The van der Waals surface area contributed by atoms with Crippen LogP contribution in [0.15, 0.2) is 48.5 Å². The second-order valence-corrected chi connectivity index (χ2v) is 8.03. The van der Waals surface area contributed by atoms with Gasteiger partial charge in [0.05, 0.1) is 0 Å². The number of likely N-dealkylation sites (tertiary alicyclic amines) is 1. The number of benzene rings is 2. The summed E-state index contributed by atoms with van der Waals surface area (Å²) in [5.74, 6) is 0. The van der Waals surface area contributed by atoms with Crippen LogP contribution in [-0.4, -0.2) is 29.2 Å². The van der Waals surface area contributed by atoms with Gasteiger partial charge in [-0.05, 0) is 62.8 Å². The Hall–Kier alpha value is -2.29. The Balaban J connectivity index is 1.70. The maximum Gasteiger partial charge on any atom is 0.410 e. The lowest BCUT2D eigenvalue weighted by Crippen LogP contribution is -2.45. The minimum atomic E-state index is -0.447. The van der Waals surface area contributed by atoms with Crippen molar-refractivity contribution in [2.24, 2.45) is 0 Å². The molecule has 2 aromatic rings. The molecule has 3 rings (SSSR count). The maximum absolute atomic E-state index is 12.5. The number of carbonyl (C=O) groups is 1. The highest BCUT2D eigenvalue weighted by molar-refractivity contribution is 5.90. The minimum Gasteiger partial charge on any atom is -0.444 e. The Morgan fingerprint density at radius 1 is 1.15 bits per heavy atom. The van der Waals surface area contributed by atoms with Gasteiger partial charge in [0, 0.05) is 12.6 Å². The zero-order chi connectivity index (χ0) is 18.6. The number of piperidine rings is 1. The van der Waals surface area contributed by atoms with Crippen molar-refractivity contribution in [2.75, 3.05) is 6.54 Å². The van der Waals surface area contributed by atoms with E-state index in [1.165, 1.54) is 22.8 Å². The van der Waals surface area contributed by atoms with E-state index >= 15 is 0 Å². The highest BCUT2D eigenvalue weighted by Crippen LogP contribution is 2.24. The molecule has 1 unspecified atom stereocenters. The van der Waals surface area contributed by atoms with Gasteiger partial charge in [-0.25, -0.2) is 4.79 Å². The van der Waals surface area contributed by atoms with Crippen LogP contribution >= 0.6 is 0 Å². The molecule has 1 atom stereocenters. The van der Waals surface area contributed by atoms with Gasteiger partial charge in [-0.2, -0.15) is 0 Å². The Morgan fingerprint density at radius 3 is 2.73 bits per heavy atom. The molecule has 26 heavy (non-hydrogen) atoms. The molecule has 0 bridgehead atoms. The quantitative estimate of drug-likeness (QED) is 0.675. The summed E-state index contributed by atoms with van der Waals surface area (Å²) < 4.78 is 5.59. The summed E-state index contributed by atoms with van der Waals surface area (Å²) >= 11 is 0. The predicted octanol–water partition coefficient (Wildman–Crippen LogP) is 6.03. The molecule has 0 spiro atoms. The zero-order valence-corrected chi connectivity index (χ0v) is 16.1. The molecule has 0 N–H and O–H groups in total. The molecule has 3 heteroatoms. The second kappa shape index (κ2) is 7.94. The van der Waals surface area contributed by atoms with Crippen LogP contribution in [0.25, 0.3) is 16.8 Å². The van der Waals surface area contributed by atoms with E-state index in [9.17, 15) is 4.79 Å². The fraction of sp³-hybridized carbons (Fsp3) is 0.435. The number of hydrogen-bond donors (Lipinski definition) is 0. The third-order valence-corrected chi connectivity index (χ3v) is 4.78. The molecule has 0 saturated carbocycles. The van der Waals surface area contributed by atoms with E-state index in [4.69, 9.17) is 4.74 Å². The molecule has 1 fully saturated rings. The SMILES string of the molecule is CC(C)(C)OC(=O)N1CCCCC1CC=Cc1cccc2ccccc12. The van der Waals surface area contributed by atoms with Gasteiger partial charge in [0.1, 0.15) is 5.60 Å². The van der Waals surface area contributed by atoms with Gasteiger partial charge < -0.3 is 9.64 Å². The topological polar surface area (TPSA) is 29.5 Å². The largest absolute Gasteiger partial charge is 0.444 e. The zero-order valence-electron chi connectivity index (χ0n) is 16.1.